The van der Waals surface area contributed by atoms with Gasteiger partial charge in [0.2, 0.25) is 0 Å². The van der Waals surface area contributed by atoms with Gasteiger partial charge in [0.15, 0.2) is 0 Å². The van der Waals surface area contributed by atoms with Crippen LogP contribution in [-0.4, -0.2) is 9.97 Å². The molecule has 0 saturated heterocycles. The summed E-state index contributed by atoms with van der Waals surface area (Å²) in [5.74, 6) is -0.701. The van der Waals surface area contributed by atoms with E-state index in [1.54, 1.807) is 0 Å². The molecule has 150 valence electrons. The molecule has 0 aliphatic heterocycles. The number of nitrogens with zero attached hydrogens (tertiary/aromatic N) is 1. The van der Waals surface area contributed by atoms with Gasteiger partial charge in [-0.05, 0) is 47.3 Å². The summed E-state index contributed by atoms with van der Waals surface area (Å²) in [5, 5.41) is 1.97. The number of halogens is 5. The van der Waals surface area contributed by atoms with Crippen molar-refractivity contribution in [1.82, 2.24) is 9.97 Å². The van der Waals surface area contributed by atoms with Crippen LogP contribution in [0.5, 0.6) is 0 Å². The molecule has 0 bridgehead atoms. The molecule has 2 heterocycles. The van der Waals surface area contributed by atoms with Gasteiger partial charge in [0.1, 0.15) is 11.6 Å². The first-order valence-corrected chi connectivity index (χ1v) is 8.89. The zero-order valence-corrected chi connectivity index (χ0v) is 15.7. The van der Waals surface area contributed by atoms with Crippen LogP contribution in [0.4, 0.5) is 23.4 Å². The van der Waals surface area contributed by atoms with E-state index in [-0.39, 0.29) is 17.8 Å². The zero-order valence-electron chi connectivity index (χ0n) is 15.0. The molecule has 2 aromatic carbocycles. The number of aromatic amines is 1. The van der Waals surface area contributed by atoms with E-state index in [9.17, 15) is 17.6 Å². The van der Waals surface area contributed by atoms with Crippen LogP contribution in [0, 0.1) is 5.82 Å². The Balaban J connectivity index is 0.000000200. The molecule has 3 N–H and O–H groups in total. The number of fused-ring (bicyclic) bond motifs is 1. The van der Waals surface area contributed by atoms with E-state index >= 15 is 0 Å². The smallest absolute Gasteiger partial charge is 0.383 e. The van der Waals surface area contributed by atoms with Crippen molar-refractivity contribution < 1.29 is 17.6 Å². The Labute approximate surface area is 169 Å². The fourth-order valence-corrected chi connectivity index (χ4v) is 3.00. The van der Waals surface area contributed by atoms with Crippen molar-refractivity contribution in [1.29, 1.82) is 0 Å². The highest BCUT2D eigenvalue weighted by Gasteiger charge is 2.34. The third-order valence-electron chi connectivity index (χ3n) is 4.18. The maximum Gasteiger partial charge on any atom is 0.416 e. The van der Waals surface area contributed by atoms with Crippen molar-refractivity contribution >= 4 is 28.3 Å². The largest absolute Gasteiger partial charge is 0.416 e. The lowest BCUT2D eigenvalue weighted by Gasteiger charge is -2.14. The van der Waals surface area contributed by atoms with Gasteiger partial charge in [0, 0.05) is 34.9 Å². The summed E-state index contributed by atoms with van der Waals surface area (Å²) < 4.78 is 51.6. The van der Waals surface area contributed by atoms with Gasteiger partial charge < -0.3 is 10.7 Å². The molecule has 0 radical (unpaired) electrons. The van der Waals surface area contributed by atoms with Gasteiger partial charge >= 0.3 is 6.18 Å². The van der Waals surface area contributed by atoms with Crippen molar-refractivity contribution in [3.63, 3.8) is 0 Å². The van der Waals surface area contributed by atoms with E-state index in [1.807, 2.05) is 30.5 Å². The van der Waals surface area contributed by atoms with Gasteiger partial charge in [-0.25, -0.2) is 9.37 Å². The summed E-state index contributed by atoms with van der Waals surface area (Å²) in [6.07, 6.45) is -1.72. The van der Waals surface area contributed by atoms with Gasteiger partial charge in [-0.1, -0.05) is 29.8 Å². The van der Waals surface area contributed by atoms with Crippen LogP contribution < -0.4 is 5.73 Å². The topological polar surface area (TPSA) is 54.7 Å². The Morgan fingerprint density at radius 1 is 1.03 bits per heavy atom. The minimum Gasteiger partial charge on any atom is -0.383 e. The van der Waals surface area contributed by atoms with Gasteiger partial charge in [-0.2, -0.15) is 13.2 Å². The molecular weight excluding hydrogens is 406 g/mol. The van der Waals surface area contributed by atoms with Crippen molar-refractivity contribution in [2.45, 2.75) is 12.6 Å². The molecule has 29 heavy (non-hydrogen) atoms. The number of aromatic nitrogens is 2. The van der Waals surface area contributed by atoms with E-state index in [0.29, 0.717) is 5.56 Å². The molecule has 4 rings (SSSR count). The van der Waals surface area contributed by atoms with Crippen LogP contribution in [0.3, 0.4) is 0 Å². The average Bonchev–Trinajstić information content (AvgIpc) is 3.10. The highest BCUT2D eigenvalue weighted by Crippen LogP contribution is 2.34. The van der Waals surface area contributed by atoms with E-state index in [0.717, 1.165) is 22.8 Å². The average molecular weight is 422 g/mol. The third-order valence-corrected chi connectivity index (χ3v) is 4.42. The predicted molar refractivity (Wildman–Crippen MR) is 106 cm³/mol. The number of nitrogens with two attached hydrogens (primary N) is 1. The van der Waals surface area contributed by atoms with E-state index in [4.69, 9.17) is 17.3 Å². The fourth-order valence-electron chi connectivity index (χ4n) is 2.83. The van der Waals surface area contributed by atoms with E-state index in [1.165, 1.54) is 29.7 Å². The Bertz CT molecular complexity index is 1120. The minimum atomic E-state index is -4.51. The predicted octanol–water partition coefficient (Wildman–Crippen LogP) is 6.23. The molecule has 0 aliphatic rings. The lowest BCUT2D eigenvalue weighted by Crippen LogP contribution is -2.12. The summed E-state index contributed by atoms with van der Waals surface area (Å²) in [6.45, 7) is 0. The molecule has 0 unspecified atom stereocenters. The number of hydrogen-bond donors (Lipinski definition) is 2. The molecule has 3 nitrogen and oxygen atoms in total. The number of anilines is 1. The molecule has 8 heteroatoms. The molecule has 0 fully saturated rings. The summed E-state index contributed by atoms with van der Waals surface area (Å²) in [6, 6.07) is 14.0. The SMILES string of the molecule is Clc1ccc2cc[nH]c2c1.Nc1nccc(C(F)(F)F)c1Cc1cccc(F)c1. The van der Waals surface area contributed by atoms with Crippen LogP contribution in [0.2, 0.25) is 5.02 Å². The molecule has 0 amide bonds. The van der Waals surface area contributed by atoms with Gasteiger partial charge in [0.05, 0.1) is 5.56 Å². The van der Waals surface area contributed by atoms with E-state index < -0.39 is 17.6 Å². The number of hydrogen-bond acceptors (Lipinski definition) is 2. The number of nitrogens with one attached hydrogen (secondary N) is 1. The second-order valence-electron chi connectivity index (χ2n) is 6.24. The molecule has 0 atom stereocenters. The first kappa shape index (κ1) is 20.7. The Morgan fingerprint density at radius 3 is 2.55 bits per heavy atom. The second-order valence-corrected chi connectivity index (χ2v) is 6.67. The minimum absolute atomic E-state index is 0.119. The lowest BCUT2D eigenvalue weighted by atomic mass is 10.0. The number of alkyl halides is 3. The Kier molecular flexibility index (Phi) is 6.08. The van der Waals surface area contributed by atoms with Crippen molar-refractivity contribution in [3.05, 3.63) is 94.5 Å². The van der Waals surface area contributed by atoms with Crippen LogP contribution in [0.15, 0.2) is 67.0 Å². The number of nitrogen functional groups attached to an aromatic ring is 1. The van der Waals surface area contributed by atoms with E-state index in [2.05, 4.69) is 9.97 Å². The molecule has 2 aromatic heterocycles. The van der Waals surface area contributed by atoms with Crippen molar-refractivity contribution in [3.8, 4) is 0 Å². The Morgan fingerprint density at radius 2 is 1.83 bits per heavy atom. The maximum atomic E-state index is 13.0. The quantitative estimate of drug-likeness (QED) is 0.377. The summed E-state index contributed by atoms with van der Waals surface area (Å²) >= 11 is 5.76. The summed E-state index contributed by atoms with van der Waals surface area (Å²) in [4.78, 5) is 6.73. The molecule has 0 spiro atoms. The second kappa shape index (κ2) is 8.53. The number of H-pyrrole nitrogens is 1. The number of benzene rings is 2. The number of rotatable bonds is 2. The van der Waals surface area contributed by atoms with Gasteiger partial charge in [0.25, 0.3) is 0 Å². The van der Waals surface area contributed by atoms with Crippen LogP contribution >= 0.6 is 11.6 Å². The third kappa shape index (κ3) is 5.26. The van der Waals surface area contributed by atoms with Crippen molar-refractivity contribution in [2.75, 3.05) is 5.73 Å². The standard InChI is InChI=1S/C13H10F4N2.C8H6ClN/c14-9-3-1-2-8(6-9)7-10-11(13(15,16)17)4-5-19-12(10)18;9-7-2-1-6-3-4-10-8(6)5-7/h1-6H,7H2,(H2,18,19);1-5,10H. The van der Waals surface area contributed by atoms with Crippen LogP contribution in [-0.2, 0) is 12.6 Å². The normalized spacial score (nSPS) is 11.2. The first-order valence-electron chi connectivity index (χ1n) is 8.51. The fraction of sp³-hybridized carbons (Fsp3) is 0.0952. The monoisotopic (exact) mass is 421 g/mol. The van der Waals surface area contributed by atoms with Gasteiger partial charge in [-0.3, -0.25) is 0 Å². The van der Waals surface area contributed by atoms with Crippen molar-refractivity contribution in [2.24, 2.45) is 0 Å². The summed E-state index contributed by atoms with van der Waals surface area (Å²) in [7, 11) is 0. The molecular formula is C21H16ClF4N3. The van der Waals surface area contributed by atoms with Crippen LogP contribution in [0.25, 0.3) is 10.9 Å². The summed E-state index contributed by atoms with van der Waals surface area (Å²) in [5.41, 5.74) is 6.02. The maximum absolute atomic E-state index is 13.0. The van der Waals surface area contributed by atoms with Gasteiger partial charge in [-0.15, -0.1) is 0 Å². The molecule has 0 aliphatic carbocycles. The van der Waals surface area contributed by atoms with Crippen LogP contribution in [0.1, 0.15) is 16.7 Å². The lowest BCUT2D eigenvalue weighted by molar-refractivity contribution is -0.138. The number of pyridine rings is 1. The zero-order chi connectivity index (χ0) is 21.0. The highest BCUT2D eigenvalue weighted by molar-refractivity contribution is 6.31. The molecule has 4 aromatic rings. The highest BCUT2D eigenvalue weighted by atomic mass is 35.5. The first-order chi connectivity index (χ1) is 13.7. The molecule has 0 saturated carbocycles. The Hall–Kier alpha value is -3.06.